The molecule has 0 aliphatic rings. The molecule has 38 heavy (non-hydrogen) atoms. The van der Waals surface area contributed by atoms with Gasteiger partial charge < -0.3 is 10.4 Å². The van der Waals surface area contributed by atoms with E-state index < -0.39 is 21.5 Å². The number of nitrogens with zero attached hydrogens (tertiary/aromatic N) is 3. The number of aryl methyl sites for hydroxylation is 1. The highest BCUT2D eigenvalue weighted by Gasteiger charge is 2.26. The minimum atomic E-state index is -3.78. The zero-order valence-electron chi connectivity index (χ0n) is 21.4. The van der Waals surface area contributed by atoms with E-state index in [1.54, 1.807) is 94.4 Å². The number of rotatable bonds is 7. The summed E-state index contributed by atoms with van der Waals surface area (Å²) in [4.78, 5) is 12.4. The van der Waals surface area contributed by atoms with Gasteiger partial charge in [0.25, 0.3) is 0 Å². The van der Waals surface area contributed by atoms with Crippen LogP contribution in [0.3, 0.4) is 0 Å². The lowest BCUT2D eigenvalue weighted by atomic mass is 10.0. The second-order valence-electron chi connectivity index (χ2n) is 9.71. The molecule has 0 aliphatic carbocycles. The first-order valence-corrected chi connectivity index (χ1v) is 13.2. The molecule has 0 atom stereocenters. The first kappa shape index (κ1) is 26.6. The lowest BCUT2D eigenvalue weighted by molar-refractivity contribution is 0.0688. The Balaban J connectivity index is 1.71. The van der Waals surface area contributed by atoms with Crippen molar-refractivity contribution in [2.75, 3.05) is 5.32 Å². The van der Waals surface area contributed by atoms with Gasteiger partial charge in [-0.3, -0.25) is 0 Å². The van der Waals surface area contributed by atoms with Crippen molar-refractivity contribution in [1.29, 1.82) is 5.26 Å². The molecule has 194 valence electrons. The molecule has 1 aromatic heterocycles. The summed E-state index contributed by atoms with van der Waals surface area (Å²) in [6.45, 7) is 7.03. The van der Waals surface area contributed by atoms with Crippen LogP contribution in [0.2, 0.25) is 0 Å². The quantitative estimate of drug-likeness (QED) is 0.298. The molecule has 0 amide bonds. The topological polar surface area (TPSA) is 137 Å². The van der Waals surface area contributed by atoms with Gasteiger partial charge in [0.1, 0.15) is 11.0 Å². The SMILES string of the molecule is Cc1nn(-c2ccccc2C#N)c(C(=O)O)c1-c1ccc(Nc2ccccc2S(=O)(=O)NC(C)(C)C)cc1. The normalized spacial score (nSPS) is 11.7. The van der Waals surface area contributed by atoms with Gasteiger partial charge in [-0.25, -0.2) is 22.6 Å². The third-order valence-electron chi connectivity index (χ3n) is 5.59. The van der Waals surface area contributed by atoms with E-state index in [-0.39, 0.29) is 10.6 Å². The highest BCUT2D eigenvalue weighted by Crippen LogP contribution is 2.32. The fourth-order valence-corrected chi connectivity index (χ4v) is 5.72. The summed E-state index contributed by atoms with van der Waals surface area (Å²) in [7, 11) is -3.78. The van der Waals surface area contributed by atoms with Crippen LogP contribution >= 0.6 is 0 Å². The lowest BCUT2D eigenvalue weighted by Crippen LogP contribution is -2.40. The Morgan fingerprint density at radius 3 is 2.26 bits per heavy atom. The van der Waals surface area contributed by atoms with Gasteiger partial charge in [-0.1, -0.05) is 36.4 Å². The Labute approximate surface area is 221 Å². The standard InChI is InChI=1S/C28H27N5O4S/c1-18-25(26(27(34)35)33(31-18)23-11-7-5-9-20(23)17-29)19-13-15-21(16-14-19)30-22-10-6-8-12-24(22)38(36,37)32-28(2,3)4/h5-16,30,32H,1-4H3,(H,34,35). The van der Waals surface area contributed by atoms with E-state index in [9.17, 15) is 23.6 Å². The van der Waals surface area contributed by atoms with E-state index in [0.29, 0.717) is 39.4 Å². The van der Waals surface area contributed by atoms with Gasteiger partial charge in [0.2, 0.25) is 10.0 Å². The van der Waals surface area contributed by atoms with Gasteiger partial charge >= 0.3 is 5.97 Å². The van der Waals surface area contributed by atoms with Crippen molar-refractivity contribution < 1.29 is 18.3 Å². The number of sulfonamides is 1. The zero-order valence-corrected chi connectivity index (χ0v) is 22.2. The number of anilines is 2. The van der Waals surface area contributed by atoms with Gasteiger partial charge in [-0.05, 0) is 69.7 Å². The Morgan fingerprint density at radius 2 is 1.63 bits per heavy atom. The van der Waals surface area contributed by atoms with Crippen LogP contribution in [0.5, 0.6) is 0 Å². The van der Waals surface area contributed by atoms with Crippen LogP contribution in [0.25, 0.3) is 16.8 Å². The van der Waals surface area contributed by atoms with Gasteiger partial charge in [-0.2, -0.15) is 10.4 Å². The van der Waals surface area contributed by atoms with Gasteiger partial charge in [0.15, 0.2) is 5.69 Å². The predicted octanol–water partition coefficient (Wildman–Crippen LogP) is 5.24. The molecule has 0 aliphatic heterocycles. The molecule has 0 saturated heterocycles. The van der Waals surface area contributed by atoms with Gasteiger partial charge in [0, 0.05) is 16.8 Å². The highest BCUT2D eigenvalue weighted by atomic mass is 32.2. The van der Waals surface area contributed by atoms with Crippen LogP contribution < -0.4 is 10.0 Å². The maximum atomic E-state index is 13.0. The predicted molar refractivity (Wildman–Crippen MR) is 145 cm³/mol. The minimum absolute atomic E-state index is 0.0596. The van der Waals surface area contributed by atoms with Crippen LogP contribution in [0.15, 0.2) is 77.7 Å². The van der Waals surface area contributed by atoms with E-state index in [1.165, 1.54) is 10.7 Å². The van der Waals surface area contributed by atoms with Crippen molar-refractivity contribution in [2.24, 2.45) is 0 Å². The summed E-state index contributed by atoms with van der Waals surface area (Å²) in [6.07, 6.45) is 0. The third-order valence-corrected chi connectivity index (χ3v) is 7.40. The van der Waals surface area contributed by atoms with E-state index >= 15 is 0 Å². The Bertz CT molecular complexity index is 1660. The molecule has 4 aromatic rings. The first-order valence-electron chi connectivity index (χ1n) is 11.7. The number of carboxylic acid groups (broad SMARTS) is 1. The molecule has 0 fully saturated rings. The molecule has 0 radical (unpaired) electrons. The minimum Gasteiger partial charge on any atom is -0.476 e. The number of aromatic nitrogens is 2. The van der Waals surface area contributed by atoms with Crippen LogP contribution in [0, 0.1) is 18.3 Å². The van der Waals surface area contributed by atoms with Crippen LogP contribution in [0.4, 0.5) is 11.4 Å². The molecule has 0 saturated carbocycles. The number of benzene rings is 3. The number of carbonyl (C=O) groups is 1. The van der Waals surface area contributed by atoms with E-state index in [4.69, 9.17) is 0 Å². The number of aromatic carboxylic acids is 1. The Hall–Kier alpha value is -4.46. The molecule has 3 N–H and O–H groups in total. The van der Waals surface area contributed by atoms with E-state index in [0.717, 1.165) is 0 Å². The molecule has 4 rings (SSSR count). The summed E-state index contributed by atoms with van der Waals surface area (Å²) in [5.41, 5.74) is 2.52. The summed E-state index contributed by atoms with van der Waals surface area (Å²) < 4.78 is 29.9. The monoisotopic (exact) mass is 529 g/mol. The third kappa shape index (κ3) is 5.44. The Morgan fingerprint density at radius 1 is 1.00 bits per heavy atom. The van der Waals surface area contributed by atoms with Crippen LogP contribution in [0.1, 0.15) is 42.5 Å². The highest BCUT2D eigenvalue weighted by molar-refractivity contribution is 7.89. The summed E-state index contributed by atoms with van der Waals surface area (Å²) in [6, 6.07) is 22.3. The van der Waals surface area contributed by atoms with Crippen LogP contribution in [-0.2, 0) is 10.0 Å². The molecule has 9 nitrogen and oxygen atoms in total. The van der Waals surface area contributed by atoms with Crippen molar-refractivity contribution in [3.63, 3.8) is 0 Å². The zero-order chi connectivity index (χ0) is 27.7. The van der Waals surface area contributed by atoms with Crippen molar-refractivity contribution in [1.82, 2.24) is 14.5 Å². The lowest BCUT2D eigenvalue weighted by Gasteiger charge is -2.22. The number of hydrogen-bond donors (Lipinski definition) is 3. The van der Waals surface area contributed by atoms with E-state index in [2.05, 4.69) is 21.2 Å². The second kappa shape index (κ2) is 10.1. The van der Waals surface area contributed by atoms with Crippen molar-refractivity contribution >= 4 is 27.4 Å². The number of hydrogen-bond acceptors (Lipinski definition) is 6. The second-order valence-corrected chi connectivity index (χ2v) is 11.4. The summed E-state index contributed by atoms with van der Waals surface area (Å²) in [5, 5.41) is 27.1. The first-order chi connectivity index (χ1) is 17.9. The molecular formula is C28H27N5O4S. The molecule has 0 unspecified atom stereocenters. The maximum Gasteiger partial charge on any atom is 0.355 e. The molecule has 3 aromatic carbocycles. The van der Waals surface area contributed by atoms with Crippen molar-refractivity contribution in [2.45, 2.75) is 38.1 Å². The molecule has 1 heterocycles. The van der Waals surface area contributed by atoms with Crippen molar-refractivity contribution in [3.05, 3.63) is 89.7 Å². The average molecular weight is 530 g/mol. The molecule has 0 spiro atoms. The maximum absolute atomic E-state index is 13.0. The largest absolute Gasteiger partial charge is 0.476 e. The van der Waals surface area contributed by atoms with Crippen molar-refractivity contribution in [3.8, 4) is 22.9 Å². The van der Waals surface area contributed by atoms with Gasteiger partial charge in [-0.15, -0.1) is 0 Å². The smallest absolute Gasteiger partial charge is 0.355 e. The number of para-hydroxylation sites is 2. The average Bonchev–Trinajstić information content (AvgIpc) is 3.20. The van der Waals surface area contributed by atoms with Crippen LogP contribution in [-0.4, -0.2) is 34.8 Å². The fourth-order valence-electron chi connectivity index (χ4n) is 4.14. The number of carboxylic acids is 1. The Kier molecular flexibility index (Phi) is 7.09. The molecule has 10 heteroatoms. The number of nitriles is 1. The summed E-state index contributed by atoms with van der Waals surface area (Å²) in [5.74, 6) is -1.18. The van der Waals surface area contributed by atoms with Gasteiger partial charge in [0.05, 0.1) is 22.6 Å². The summed E-state index contributed by atoms with van der Waals surface area (Å²) >= 11 is 0. The molecular weight excluding hydrogens is 502 g/mol. The fraction of sp³-hybridized carbons (Fsp3) is 0.179. The molecule has 0 bridgehead atoms. The van der Waals surface area contributed by atoms with E-state index in [1.807, 2.05) is 0 Å². The number of nitrogens with one attached hydrogen (secondary N) is 2.